The molecule has 4 aromatic rings. The molecule has 0 aliphatic heterocycles. The first-order valence-electron chi connectivity index (χ1n) is 10.6. The van der Waals surface area contributed by atoms with Crippen LogP contribution in [0.1, 0.15) is 41.5 Å². The van der Waals surface area contributed by atoms with Gasteiger partial charge in [0.15, 0.2) is 0 Å². The Kier molecular flexibility index (Phi) is 4.84. The number of hydrogen-bond acceptors (Lipinski definition) is 1. The van der Waals surface area contributed by atoms with E-state index in [1.165, 1.54) is 21.9 Å². The van der Waals surface area contributed by atoms with Crippen molar-refractivity contribution in [2.24, 2.45) is 5.92 Å². The third kappa shape index (κ3) is 3.50. The molecular formula is C28H25NO. The number of fused-ring (bicyclic) bond motifs is 1. The second-order valence-electron chi connectivity index (χ2n) is 8.24. The van der Waals surface area contributed by atoms with Crippen molar-refractivity contribution >= 4 is 16.7 Å². The average molecular weight is 392 g/mol. The molecule has 0 radical (unpaired) electrons. The van der Waals surface area contributed by atoms with Gasteiger partial charge in [0.25, 0.3) is 0 Å². The molecule has 1 fully saturated rings. The van der Waals surface area contributed by atoms with Gasteiger partial charge >= 0.3 is 0 Å². The van der Waals surface area contributed by atoms with E-state index in [1.54, 1.807) is 0 Å². The van der Waals surface area contributed by atoms with E-state index in [0.717, 1.165) is 5.56 Å². The fourth-order valence-electron chi connectivity index (χ4n) is 4.69. The molecule has 5 rings (SSSR count). The summed E-state index contributed by atoms with van der Waals surface area (Å²) in [5.41, 5.74) is 3.62. The van der Waals surface area contributed by atoms with Crippen molar-refractivity contribution in [2.45, 2.75) is 24.8 Å². The van der Waals surface area contributed by atoms with Crippen LogP contribution in [0.2, 0.25) is 0 Å². The summed E-state index contributed by atoms with van der Waals surface area (Å²) in [6.07, 6.45) is 0. The molecule has 0 heterocycles. The average Bonchev–Trinajstić information content (AvgIpc) is 3.56. The van der Waals surface area contributed by atoms with Crippen LogP contribution in [0.5, 0.6) is 0 Å². The van der Waals surface area contributed by atoms with E-state index in [4.69, 9.17) is 0 Å². The minimum absolute atomic E-state index is 0.0299. The second-order valence-corrected chi connectivity index (χ2v) is 8.24. The van der Waals surface area contributed by atoms with Gasteiger partial charge in [-0.15, -0.1) is 0 Å². The lowest BCUT2D eigenvalue weighted by atomic mass is 10.0. The topological polar surface area (TPSA) is 29.1 Å². The minimum Gasteiger partial charge on any atom is -0.349 e. The Morgan fingerprint density at radius 3 is 1.83 bits per heavy atom. The molecule has 4 aromatic carbocycles. The number of hydrogen-bond donors (Lipinski definition) is 1. The van der Waals surface area contributed by atoms with Crippen LogP contribution in [0, 0.1) is 5.92 Å². The van der Waals surface area contributed by atoms with Gasteiger partial charge in [-0.25, -0.2) is 0 Å². The molecule has 0 saturated heterocycles. The van der Waals surface area contributed by atoms with Gasteiger partial charge in [0, 0.05) is 11.8 Å². The molecular weight excluding hydrogens is 366 g/mol. The van der Waals surface area contributed by atoms with E-state index in [9.17, 15) is 4.79 Å². The number of carbonyl (C=O) groups excluding carboxylic acids is 1. The van der Waals surface area contributed by atoms with Gasteiger partial charge in [-0.2, -0.15) is 0 Å². The van der Waals surface area contributed by atoms with Crippen molar-refractivity contribution in [3.05, 3.63) is 120 Å². The number of carbonyl (C=O) groups is 1. The Bertz CT molecular complexity index is 1120. The SMILES string of the molecule is C[C@@H](NC(=O)C1[C@H](c2ccccc2)[C@H]1c1ccccc1)c1ccc2ccccc2c1. The van der Waals surface area contributed by atoms with Gasteiger partial charge < -0.3 is 5.32 Å². The maximum Gasteiger partial charge on any atom is 0.224 e. The van der Waals surface area contributed by atoms with E-state index in [-0.39, 0.29) is 29.7 Å². The molecule has 1 saturated carbocycles. The summed E-state index contributed by atoms with van der Waals surface area (Å²) in [5.74, 6) is 0.575. The number of amides is 1. The number of benzene rings is 4. The van der Waals surface area contributed by atoms with Crippen LogP contribution in [0.25, 0.3) is 10.8 Å². The maximum atomic E-state index is 13.3. The van der Waals surface area contributed by atoms with Crippen molar-refractivity contribution in [2.75, 3.05) is 0 Å². The van der Waals surface area contributed by atoms with E-state index >= 15 is 0 Å². The van der Waals surface area contributed by atoms with Gasteiger partial charge in [-0.05, 0) is 40.5 Å². The first-order chi connectivity index (χ1) is 14.7. The van der Waals surface area contributed by atoms with Crippen molar-refractivity contribution in [1.29, 1.82) is 0 Å². The Labute approximate surface area is 177 Å². The first kappa shape index (κ1) is 18.6. The molecule has 1 aliphatic rings. The summed E-state index contributed by atoms with van der Waals surface area (Å²) < 4.78 is 0. The predicted octanol–water partition coefficient (Wildman–Crippen LogP) is 6.21. The molecule has 3 atom stereocenters. The molecule has 2 heteroatoms. The summed E-state index contributed by atoms with van der Waals surface area (Å²) in [5, 5.41) is 5.70. The van der Waals surface area contributed by atoms with Gasteiger partial charge in [0.1, 0.15) is 0 Å². The summed E-state index contributed by atoms with van der Waals surface area (Å²) in [7, 11) is 0. The van der Waals surface area contributed by atoms with Crippen molar-refractivity contribution in [3.63, 3.8) is 0 Å². The quantitative estimate of drug-likeness (QED) is 0.430. The summed E-state index contributed by atoms with van der Waals surface area (Å²) in [4.78, 5) is 13.3. The number of nitrogens with one attached hydrogen (secondary N) is 1. The van der Waals surface area contributed by atoms with E-state index in [2.05, 4.69) is 97.2 Å². The molecule has 1 N–H and O–H groups in total. The standard InChI is InChI=1S/C28H25NO/c1-19(23-17-16-20-10-8-9-15-24(20)18-23)29-28(30)27-25(21-11-4-2-5-12-21)26(27)22-13-6-3-7-14-22/h2-19,25-27H,1H3,(H,29,30)/t19-,25-,26-/m1/s1. The molecule has 1 amide bonds. The van der Waals surface area contributed by atoms with E-state index < -0.39 is 0 Å². The fraction of sp³-hybridized carbons (Fsp3) is 0.179. The third-order valence-electron chi connectivity index (χ3n) is 6.32. The lowest BCUT2D eigenvalue weighted by Gasteiger charge is -2.15. The lowest BCUT2D eigenvalue weighted by Crippen LogP contribution is -2.28. The highest BCUT2D eigenvalue weighted by Crippen LogP contribution is 2.60. The Hall–Kier alpha value is -3.39. The Morgan fingerprint density at radius 2 is 1.23 bits per heavy atom. The molecule has 0 unspecified atom stereocenters. The van der Waals surface area contributed by atoms with Crippen LogP contribution >= 0.6 is 0 Å². The van der Waals surface area contributed by atoms with Crippen LogP contribution in [-0.2, 0) is 4.79 Å². The summed E-state index contributed by atoms with van der Waals surface area (Å²) >= 11 is 0. The predicted molar refractivity (Wildman–Crippen MR) is 122 cm³/mol. The smallest absolute Gasteiger partial charge is 0.224 e. The largest absolute Gasteiger partial charge is 0.349 e. The van der Waals surface area contributed by atoms with Gasteiger partial charge in [0.05, 0.1) is 12.0 Å². The second kappa shape index (κ2) is 7.79. The van der Waals surface area contributed by atoms with E-state index in [0.29, 0.717) is 0 Å². The van der Waals surface area contributed by atoms with Gasteiger partial charge in [-0.3, -0.25) is 4.79 Å². The highest BCUT2D eigenvalue weighted by Gasteiger charge is 2.56. The van der Waals surface area contributed by atoms with Crippen LogP contribution in [0.4, 0.5) is 0 Å². The number of rotatable bonds is 5. The molecule has 1 aliphatic carbocycles. The van der Waals surface area contributed by atoms with Crippen molar-refractivity contribution in [3.8, 4) is 0 Å². The highest BCUT2D eigenvalue weighted by atomic mass is 16.2. The van der Waals surface area contributed by atoms with Crippen LogP contribution in [0.15, 0.2) is 103 Å². The van der Waals surface area contributed by atoms with Crippen molar-refractivity contribution in [1.82, 2.24) is 5.32 Å². The molecule has 0 spiro atoms. The summed E-state index contributed by atoms with van der Waals surface area (Å²) in [6.45, 7) is 2.07. The monoisotopic (exact) mass is 391 g/mol. The summed E-state index contributed by atoms with van der Waals surface area (Å²) in [6, 6.07) is 35.6. The molecule has 0 bridgehead atoms. The first-order valence-corrected chi connectivity index (χ1v) is 10.6. The third-order valence-corrected chi connectivity index (χ3v) is 6.32. The fourth-order valence-corrected chi connectivity index (χ4v) is 4.69. The Balaban J connectivity index is 1.38. The van der Waals surface area contributed by atoms with E-state index in [1.807, 2.05) is 18.2 Å². The highest BCUT2D eigenvalue weighted by molar-refractivity contribution is 5.86. The molecule has 148 valence electrons. The molecule has 2 nitrogen and oxygen atoms in total. The van der Waals surface area contributed by atoms with Crippen molar-refractivity contribution < 1.29 is 4.79 Å². The zero-order valence-electron chi connectivity index (χ0n) is 17.0. The molecule has 0 aromatic heterocycles. The maximum absolute atomic E-state index is 13.3. The van der Waals surface area contributed by atoms with Crippen LogP contribution in [-0.4, -0.2) is 5.91 Å². The van der Waals surface area contributed by atoms with Gasteiger partial charge in [0.2, 0.25) is 5.91 Å². The normalized spacial score (nSPS) is 21.2. The lowest BCUT2D eigenvalue weighted by molar-refractivity contribution is -0.123. The minimum atomic E-state index is -0.0319. The zero-order valence-corrected chi connectivity index (χ0v) is 17.0. The Morgan fingerprint density at radius 1 is 0.700 bits per heavy atom. The molecule has 30 heavy (non-hydrogen) atoms. The van der Waals surface area contributed by atoms with Gasteiger partial charge in [-0.1, -0.05) is 97.1 Å². The zero-order chi connectivity index (χ0) is 20.5. The van der Waals surface area contributed by atoms with Crippen LogP contribution < -0.4 is 5.32 Å². The van der Waals surface area contributed by atoms with Crippen LogP contribution in [0.3, 0.4) is 0 Å².